The van der Waals surface area contributed by atoms with Crippen LogP contribution in [0.25, 0.3) is 0 Å². The highest BCUT2D eigenvalue weighted by atomic mass is 16.1. The molecule has 0 aromatic carbocycles. The van der Waals surface area contributed by atoms with Crippen molar-refractivity contribution in [3.05, 3.63) is 12.2 Å². The lowest BCUT2D eigenvalue weighted by Gasteiger charge is -2.23. The second kappa shape index (κ2) is 3.28. The number of allylic oxidation sites excluding steroid dienone is 1. The molecule has 1 heteroatoms. The first-order valence-electron chi connectivity index (χ1n) is 5.35. The lowest BCUT2D eigenvalue weighted by atomic mass is 9.82. The molecule has 0 aliphatic heterocycles. The van der Waals surface area contributed by atoms with Gasteiger partial charge in [0.25, 0.3) is 0 Å². The van der Waals surface area contributed by atoms with E-state index in [9.17, 15) is 4.79 Å². The highest BCUT2D eigenvalue weighted by molar-refractivity contribution is 5.75. The molecule has 0 radical (unpaired) electrons. The van der Waals surface area contributed by atoms with E-state index in [4.69, 9.17) is 0 Å². The molecule has 3 atom stereocenters. The van der Waals surface area contributed by atoms with Crippen LogP contribution in [0, 0.1) is 17.8 Å². The van der Waals surface area contributed by atoms with E-state index in [1.807, 2.05) is 0 Å². The molecule has 0 amide bonds. The zero-order valence-electron chi connectivity index (χ0n) is 8.38. The normalized spacial score (nSPS) is 37.0. The fraction of sp³-hybridized carbons (Fsp3) is 0.750. The minimum absolute atomic E-state index is 0.329. The Kier molecular flexibility index (Phi) is 2.27. The molecule has 0 aromatic rings. The van der Waals surface area contributed by atoms with Crippen molar-refractivity contribution in [2.45, 2.75) is 39.0 Å². The Bertz CT molecular complexity index is 242. The third kappa shape index (κ3) is 1.84. The van der Waals surface area contributed by atoms with E-state index in [2.05, 4.69) is 6.58 Å². The van der Waals surface area contributed by atoms with Crippen LogP contribution < -0.4 is 0 Å². The summed E-state index contributed by atoms with van der Waals surface area (Å²) in [6.45, 7) is 5.83. The van der Waals surface area contributed by atoms with Gasteiger partial charge in [-0.3, -0.25) is 0 Å². The topological polar surface area (TPSA) is 17.1 Å². The lowest BCUT2D eigenvalue weighted by molar-refractivity contribution is -0.117. The van der Waals surface area contributed by atoms with Crippen molar-refractivity contribution in [3.63, 3.8) is 0 Å². The predicted octanol–water partition coefficient (Wildman–Crippen LogP) is 2.96. The molecule has 0 spiro atoms. The average Bonchev–Trinajstić information content (AvgIpc) is 2.81. The van der Waals surface area contributed by atoms with Gasteiger partial charge in [-0.1, -0.05) is 12.2 Å². The molecule has 0 heterocycles. The molecular weight excluding hydrogens is 160 g/mol. The molecule has 2 aliphatic rings. The Morgan fingerprint density at radius 3 is 3.08 bits per heavy atom. The van der Waals surface area contributed by atoms with E-state index in [1.165, 1.54) is 24.8 Å². The summed E-state index contributed by atoms with van der Waals surface area (Å²) in [5.41, 5.74) is 1.42. The lowest BCUT2D eigenvalue weighted by Crippen LogP contribution is -2.13. The van der Waals surface area contributed by atoms with E-state index in [-0.39, 0.29) is 0 Å². The first kappa shape index (κ1) is 8.98. The van der Waals surface area contributed by atoms with Crippen molar-refractivity contribution in [1.29, 1.82) is 0 Å². The Hall–Kier alpha value is -0.590. The number of hydrogen-bond donors (Lipinski definition) is 0. The summed E-state index contributed by atoms with van der Waals surface area (Å²) in [7, 11) is 0. The van der Waals surface area contributed by atoms with Crippen LogP contribution in [0.4, 0.5) is 0 Å². The maximum atomic E-state index is 10.9. The zero-order valence-corrected chi connectivity index (χ0v) is 8.38. The van der Waals surface area contributed by atoms with Gasteiger partial charge in [0.2, 0.25) is 0 Å². The third-order valence-corrected chi connectivity index (χ3v) is 3.66. The summed E-state index contributed by atoms with van der Waals surface area (Å²) in [6.07, 6.45) is 5.80. The highest BCUT2D eigenvalue weighted by Crippen LogP contribution is 2.55. The van der Waals surface area contributed by atoms with Crippen molar-refractivity contribution in [2.75, 3.05) is 0 Å². The molecule has 0 N–H and O–H groups in total. The first-order valence-corrected chi connectivity index (χ1v) is 5.35. The van der Waals surface area contributed by atoms with Crippen molar-refractivity contribution in [1.82, 2.24) is 0 Å². The molecule has 1 nitrogen and oxygen atoms in total. The summed E-state index contributed by atoms with van der Waals surface area (Å²) in [5, 5.41) is 0. The summed E-state index contributed by atoms with van der Waals surface area (Å²) < 4.78 is 0. The molecule has 0 bridgehead atoms. The Morgan fingerprint density at radius 1 is 1.62 bits per heavy atom. The summed E-state index contributed by atoms with van der Waals surface area (Å²) >= 11 is 0. The SMILES string of the molecule is C=C1CCC2CC2C1CCC(C)=O. The Labute approximate surface area is 80.2 Å². The smallest absolute Gasteiger partial charge is 0.129 e. The predicted molar refractivity (Wildman–Crippen MR) is 53.4 cm³/mol. The van der Waals surface area contributed by atoms with Crippen molar-refractivity contribution in [3.8, 4) is 0 Å². The zero-order chi connectivity index (χ0) is 9.42. The van der Waals surface area contributed by atoms with E-state index < -0.39 is 0 Å². The summed E-state index contributed by atoms with van der Waals surface area (Å²) in [6, 6.07) is 0. The monoisotopic (exact) mass is 178 g/mol. The van der Waals surface area contributed by atoms with Gasteiger partial charge in [-0.15, -0.1) is 0 Å². The molecule has 0 aromatic heterocycles. The van der Waals surface area contributed by atoms with Crippen molar-refractivity contribution >= 4 is 5.78 Å². The van der Waals surface area contributed by atoms with Gasteiger partial charge in [-0.2, -0.15) is 0 Å². The van der Waals surface area contributed by atoms with Gasteiger partial charge in [-0.25, -0.2) is 0 Å². The van der Waals surface area contributed by atoms with E-state index in [0.29, 0.717) is 11.7 Å². The number of carbonyl (C=O) groups excluding carboxylic acids is 1. The van der Waals surface area contributed by atoms with Crippen LogP contribution in [0.2, 0.25) is 0 Å². The number of Topliss-reactive ketones (excluding diaryl/α,β-unsaturated/α-hetero) is 1. The number of carbonyl (C=O) groups is 1. The van der Waals surface area contributed by atoms with Crippen LogP contribution in [0.1, 0.15) is 39.0 Å². The number of rotatable bonds is 3. The van der Waals surface area contributed by atoms with Gasteiger partial charge in [-0.05, 0) is 50.4 Å². The minimum atomic E-state index is 0.329. The maximum Gasteiger partial charge on any atom is 0.129 e. The van der Waals surface area contributed by atoms with Gasteiger partial charge >= 0.3 is 0 Å². The number of fused-ring (bicyclic) bond motifs is 1. The van der Waals surface area contributed by atoms with Crippen LogP contribution in [0.3, 0.4) is 0 Å². The molecule has 13 heavy (non-hydrogen) atoms. The Balaban J connectivity index is 1.89. The van der Waals surface area contributed by atoms with E-state index in [1.54, 1.807) is 6.92 Å². The number of hydrogen-bond acceptors (Lipinski definition) is 1. The Morgan fingerprint density at radius 2 is 2.38 bits per heavy atom. The van der Waals surface area contributed by atoms with E-state index >= 15 is 0 Å². The van der Waals surface area contributed by atoms with Crippen LogP contribution >= 0.6 is 0 Å². The van der Waals surface area contributed by atoms with Gasteiger partial charge in [0.1, 0.15) is 5.78 Å². The van der Waals surface area contributed by atoms with Gasteiger partial charge in [0.05, 0.1) is 0 Å². The van der Waals surface area contributed by atoms with Crippen LogP contribution in [0.5, 0.6) is 0 Å². The molecule has 2 saturated carbocycles. The first-order chi connectivity index (χ1) is 6.18. The maximum absolute atomic E-state index is 10.9. The molecule has 0 saturated heterocycles. The fourth-order valence-corrected chi connectivity index (χ4v) is 2.73. The average molecular weight is 178 g/mol. The molecular formula is C12H18O. The highest BCUT2D eigenvalue weighted by Gasteiger charge is 2.46. The molecule has 72 valence electrons. The summed E-state index contributed by atoms with van der Waals surface area (Å²) in [5.74, 6) is 2.90. The van der Waals surface area contributed by atoms with Crippen LogP contribution in [-0.2, 0) is 4.79 Å². The molecule has 3 unspecified atom stereocenters. The van der Waals surface area contributed by atoms with Crippen LogP contribution in [-0.4, -0.2) is 5.78 Å². The number of ketones is 1. The molecule has 2 aliphatic carbocycles. The second-order valence-electron chi connectivity index (χ2n) is 4.70. The van der Waals surface area contributed by atoms with Gasteiger partial charge < -0.3 is 4.79 Å². The largest absolute Gasteiger partial charge is 0.300 e. The van der Waals surface area contributed by atoms with Gasteiger partial charge in [0.15, 0.2) is 0 Å². The fourth-order valence-electron chi connectivity index (χ4n) is 2.73. The van der Waals surface area contributed by atoms with E-state index in [0.717, 1.165) is 24.7 Å². The standard InChI is InChI=1S/C12H18O/c1-8-3-5-10-7-12(10)11(8)6-4-9(2)13/h10-12H,1,3-7H2,2H3. The van der Waals surface area contributed by atoms with Crippen LogP contribution in [0.15, 0.2) is 12.2 Å². The van der Waals surface area contributed by atoms with Crippen molar-refractivity contribution < 1.29 is 4.79 Å². The quantitative estimate of drug-likeness (QED) is 0.607. The summed E-state index contributed by atoms with van der Waals surface area (Å²) in [4.78, 5) is 10.9. The molecule has 2 rings (SSSR count). The van der Waals surface area contributed by atoms with Gasteiger partial charge in [0, 0.05) is 6.42 Å². The minimum Gasteiger partial charge on any atom is -0.300 e. The third-order valence-electron chi connectivity index (χ3n) is 3.66. The van der Waals surface area contributed by atoms with Crippen molar-refractivity contribution in [2.24, 2.45) is 17.8 Å². The molecule has 2 fully saturated rings. The second-order valence-corrected chi connectivity index (χ2v) is 4.70.